The summed E-state index contributed by atoms with van der Waals surface area (Å²) in [5.74, 6) is 0.756. The van der Waals surface area contributed by atoms with E-state index < -0.39 is 0 Å². The zero-order valence-corrected chi connectivity index (χ0v) is 10.2. The average Bonchev–Trinajstić information content (AvgIpc) is 2.77. The van der Waals surface area contributed by atoms with Crippen LogP contribution in [-0.4, -0.2) is 30.5 Å². The van der Waals surface area contributed by atoms with Crippen LogP contribution in [0.1, 0.15) is 18.4 Å². The van der Waals surface area contributed by atoms with E-state index in [2.05, 4.69) is 10.3 Å². The zero-order valence-electron chi connectivity index (χ0n) is 10.2. The molecule has 1 aromatic rings. The summed E-state index contributed by atoms with van der Waals surface area (Å²) in [4.78, 5) is 18.1. The Bertz CT molecular complexity index is 433. The minimum atomic E-state index is -0.141. The summed E-state index contributed by atoms with van der Waals surface area (Å²) in [7, 11) is 1.66. The van der Waals surface area contributed by atoms with E-state index in [0.29, 0.717) is 5.69 Å². The second-order valence-corrected chi connectivity index (χ2v) is 4.39. The fourth-order valence-electron chi connectivity index (χ4n) is 2.28. The molecule has 2 heterocycles. The number of nitrogens with one attached hydrogen (secondary N) is 1. The monoisotopic (exact) mass is 234 g/mol. The van der Waals surface area contributed by atoms with Crippen molar-refractivity contribution in [2.75, 3.05) is 24.2 Å². The van der Waals surface area contributed by atoms with Gasteiger partial charge in [-0.25, -0.2) is 4.98 Å². The van der Waals surface area contributed by atoms with Gasteiger partial charge < -0.3 is 16.0 Å². The minimum Gasteiger partial charge on any atom is -0.396 e. The third-order valence-electron chi connectivity index (χ3n) is 3.11. The highest BCUT2D eigenvalue weighted by Crippen LogP contribution is 2.28. The molecule has 1 amide bonds. The fourth-order valence-corrected chi connectivity index (χ4v) is 2.28. The van der Waals surface area contributed by atoms with Crippen LogP contribution in [0.25, 0.3) is 0 Å². The molecular weight excluding hydrogens is 216 g/mol. The Morgan fingerprint density at radius 1 is 1.65 bits per heavy atom. The molecule has 5 heteroatoms. The van der Waals surface area contributed by atoms with E-state index in [9.17, 15) is 4.79 Å². The number of aromatic nitrogens is 1. The lowest BCUT2D eigenvalue weighted by atomic mass is 10.2. The van der Waals surface area contributed by atoms with Gasteiger partial charge in [0.2, 0.25) is 5.91 Å². The molecule has 2 rings (SSSR count). The molecule has 92 valence electrons. The summed E-state index contributed by atoms with van der Waals surface area (Å²) in [5, 5.41) is 2.69. The molecule has 1 aliphatic heterocycles. The van der Waals surface area contributed by atoms with Gasteiger partial charge in [-0.2, -0.15) is 0 Å². The van der Waals surface area contributed by atoms with Crippen molar-refractivity contribution in [2.24, 2.45) is 0 Å². The summed E-state index contributed by atoms with van der Waals surface area (Å²) in [6.45, 7) is 2.78. The van der Waals surface area contributed by atoms with Crippen LogP contribution in [0.3, 0.4) is 0 Å². The number of anilines is 2. The number of nitrogens with zero attached hydrogens (tertiary/aromatic N) is 2. The largest absolute Gasteiger partial charge is 0.396 e. The van der Waals surface area contributed by atoms with Crippen molar-refractivity contribution in [1.82, 2.24) is 10.3 Å². The summed E-state index contributed by atoms with van der Waals surface area (Å²) in [6.07, 6.45) is 3.63. The highest BCUT2D eigenvalue weighted by molar-refractivity contribution is 5.86. The van der Waals surface area contributed by atoms with E-state index in [-0.39, 0.29) is 11.9 Å². The summed E-state index contributed by atoms with van der Waals surface area (Å²) >= 11 is 0. The molecule has 1 atom stereocenters. The number of hydrogen-bond acceptors (Lipinski definition) is 4. The van der Waals surface area contributed by atoms with E-state index in [1.54, 1.807) is 13.2 Å². The van der Waals surface area contributed by atoms with Crippen molar-refractivity contribution >= 4 is 17.4 Å². The molecule has 0 bridgehead atoms. The van der Waals surface area contributed by atoms with Crippen molar-refractivity contribution in [3.8, 4) is 0 Å². The van der Waals surface area contributed by atoms with Crippen molar-refractivity contribution in [3.63, 3.8) is 0 Å². The third kappa shape index (κ3) is 2.18. The van der Waals surface area contributed by atoms with Gasteiger partial charge in [0.05, 0.1) is 5.69 Å². The Kier molecular flexibility index (Phi) is 3.17. The van der Waals surface area contributed by atoms with Crippen LogP contribution in [0.5, 0.6) is 0 Å². The normalized spacial score (nSPS) is 19.4. The highest BCUT2D eigenvalue weighted by atomic mass is 16.2. The van der Waals surface area contributed by atoms with Crippen molar-refractivity contribution in [3.05, 3.63) is 17.8 Å². The van der Waals surface area contributed by atoms with Gasteiger partial charge in [0.25, 0.3) is 0 Å². The number of carbonyl (C=O) groups is 1. The van der Waals surface area contributed by atoms with Gasteiger partial charge in [0.15, 0.2) is 5.82 Å². The molecule has 0 saturated carbocycles. The van der Waals surface area contributed by atoms with E-state index in [1.165, 1.54) is 0 Å². The van der Waals surface area contributed by atoms with E-state index in [4.69, 9.17) is 5.73 Å². The zero-order chi connectivity index (χ0) is 12.4. The standard InChI is InChI=1S/C12H18N4O/c1-8-6-9(13)11(15-7-8)16-5-3-4-10(16)12(17)14-2/h6-7,10H,3-5,13H2,1-2H3,(H,14,17). The number of rotatable bonds is 2. The maximum Gasteiger partial charge on any atom is 0.242 e. The van der Waals surface area contributed by atoms with Gasteiger partial charge in [0.1, 0.15) is 6.04 Å². The molecular formula is C12H18N4O. The first kappa shape index (κ1) is 11.7. The number of pyridine rings is 1. The number of nitrogens with two attached hydrogens (primary N) is 1. The molecule has 1 aromatic heterocycles. The topological polar surface area (TPSA) is 71.2 Å². The lowest BCUT2D eigenvalue weighted by Crippen LogP contribution is -2.42. The van der Waals surface area contributed by atoms with Crippen LogP contribution in [-0.2, 0) is 4.79 Å². The first-order valence-corrected chi connectivity index (χ1v) is 5.84. The van der Waals surface area contributed by atoms with Crippen LogP contribution in [0.15, 0.2) is 12.3 Å². The van der Waals surface area contributed by atoms with Gasteiger partial charge in [-0.05, 0) is 31.4 Å². The second kappa shape index (κ2) is 4.61. The highest BCUT2D eigenvalue weighted by Gasteiger charge is 2.31. The Labute approximate surface area is 101 Å². The Balaban J connectivity index is 2.29. The predicted molar refractivity (Wildman–Crippen MR) is 67.8 cm³/mol. The molecule has 0 spiro atoms. The summed E-state index contributed by atoms with van der Waals surface area (Å²) in [6, 6.07) is 1.75. The lowest BCUT2D eigenvalue weighted by molar-refractivity contribution is -0.121. The molecule has 1 fully saturated rings. The number of aryl methyl sites for hydroxylation is 1. The number of nitrogen functional groups attached to an aromatic ring is 1. The molecule has 0 aromatic carbocycles. The van der Waals surface area contributed by atoms with E-state index in [1.807, 2.05) is 17.9 Å². The Morgan fingerprint density at radius 2 is 2.41 bits per heavy atom. The van der Waals surface area contributed by atoms with Gasteiger partial charge in [-0.1, -0.05) is 0 Å². The molecule has 1 aliphatic rings. The van der Waals surface area contributed by atoms with Crippen LogP contribution < -0.4 is 16.0 Å². The van der Waals surface area contributed by atoms with Crippen molar-refractivity contribution < 1.29 is 4.79 Å². The van der Waals surface area contributed by atoms with Gasteiger partial charge >= 0.3 is 0 Å². The molecule has 0 aliphatic carbocycles. The molecule has 1 unspecified atom stereocenters. The van der Waals surface area contributed by atoms with E-state index >= 15 is 0 Å². The molecule has 17 heavy (non-hydrogen) atoms. The number of hydrogen-bond donors (Lipinski definition) is 2. The van der Waals surface area contributed by atoms with Crippen molar-refractivity contribution in [2.45, 2.75) is 25.8 Å². The fraction of sp³-hybridized carbons (Fsp3) is 0.500. The summed E-state index contributed by atoms with van der Waals surface area (Å²) in [5.41, 5.74) is 7.64. The molecule has 3 N–H and O–H groups in total. The second-order valence-electron chi connectivity index (χ2n) is 4.39. The van der Waals surface area contributed by atoms with E-state index in [0.717, 1.165) is 30.8 Å². The third-order valence-corrected chi connectivity index (χ3v) is 3.11. The van der Waals surface area contributed by atoms with Gasteiger partial charge in [0, 0.05) is 19.8 Å². The van der Waals surface area contributed by atoms with Crippen LogP contribution in [0, 0.1) is 6.92 Å². The van der Waals surface area contributed by atoms with Crippen LogP contribution >= 0.6 is 0 Å². The number of carbonyl (C=O) groups excluding carboxylic acids is 1. The smallest absolute Gasteiger partial charge is 0.242 e. The van der Waals surface area contributed by atoms with Gasteiger partial charge in [-0.15, -0.1) is 0 Å². The molecule has 5 nitrogen and oxygen atoms in total. The predicted octanol–water partition coefficient (Wildman–Crippen LogP) is 0.687. The lowest BCUT2D eigenvalue weighted by Gasteiger charge is -2.25. The SMILES string of the molecule is CNC(=O)C1CCCN1c1ncc(C)cc1N. The molecule has 0 radical (unpaired) electrons. The first-order chi connectivity index (χ1) is 8.13. The first-order valence-electron chi connectivity index (χ1n) is 5.84. The van der Waals surface area contributed by atoms with Gasteiger partial charge in [-0.3, -0.25) is 4.79 Å². The quantitative estimate of drug-likeness (QED) is 0.789. The number of amides is 1. The summed E-state index contributed by atoms with van der Waals surface area (Å²) < 4.78 is 0. The van der Waals surface area contributed by atoms with Crippen LogP contribution in [0.4, 0.5) is 11.5 Å². The maximum absolute atomic E-state index is 11.8. The van der Waals surface area contributed by atoms with Crippen LogP contribution in [0.2, 0.25) is 0 Å². The average molecular weight is 234 g/mol. The Hall–Kier alpha value is -1.78. The molecule has 1 saturated heterocycles. The number of likely N-dealkylation sites (N-methyl/N-ethyl adjacent to an activating group) is 1. The maximum atomic E-state index is 11.8. The Morgan fingerprint density at radius 3 is 3.06 bits per heavy atom. The minimum absolute atomic E-state index is 0.0317. The van der Waals surface area contributed by atoms with Crippen molar-refractivity contribution in [1.29, 1.82) is 0 Å².